The lowest BCUT2D eigenvalue weighted by Gasteiger charge is -2.35. The summed E-state index contributed by atoms with van der Waals surface area (Å²) in [4.78, 5) is 53.0. The number of piperidine rings is 1. The normalized spacial score (nSPS) is 19.8. The van der Waals surface area contributed by atoms with Crippen LogP contribution in [0.25, 0.3) is 22.2 Å². The standard InChI is InChI=1S/C36H49N5O4/c1-7-27(42)11-9-8-10-12-29(31-37-22-30(39-31)26-15-16-28-25(21-26)14-13-24(2)38-28)40-32(43)35(6)23-36(35)17-19-41(20-18-36)33(44)45-34(3,4)5/h13-16,21-22,29H,7-12,17-20,23H2,1-6H3,(H,37,39)(H,40,43)/t29-,35+/m0/s1. The Bertz CT molecular complexity index is 1550. The lowest BCUT2D eigenvalue weighted by Crippen LogP contribution is -2.45. The number of benzene rings is 1. The van der Waals surface area contributed by atoms with E-state index in [2.05, 4.69) is 34.3 Å². The highest BCUT2D eigenvalue weighted by Crippen LogP contribution is 2.69. The molecule has 2 aromatic heterocycles. The molecule has 45 heavy (non-hydrogen) atoms. The van der Waals surface area contributed by atoms with Gasteiger partial charge in [-0.05, 0) is 83.4 Å². The number of aromatic nitrogens is 3. The van der Waals surface area contributed by atoms with Crippen molar-refractivity contribution < 1.29 is 19.1 Å². The van der Waals surface area contributed by atoms with Crippen LogP contribution in [0.2, 0.25) is 0 Å². The third-order valence-electron chi connectivity index (χ3n) is 9.82. The summed E-state index contributed by atoms with van der Waals surface area (Å²) in [5.41, 5.74) is 2.72. The Labute approximate surface area is 266 Å². The fourth-order valence-corrected chi connectivity index (χ4v) is 6.80. The van der Waals surface area contributed by atoms with Gasteiger partial charge >= 0.3 is 6.09 Å². The maximum Gasteiger partial charge on any atom is 0.410 e. The zero-order chi connectivity index (χ0) is 32.4. The maximum atomic E-state index is 13.9. The van der Waals surface area contributed by atoms with Gasteiger partial charge in [0.2, 0.25) is 5.91 Å². The minimum absolute atomic E-state index is 0.0458. The van der Waals surface area contributed by atoms with Crippen molar-refractivity contribution in [3.05, 3.63) is 48.0 Å². The molecule has 1 aromatic carbocycles. The molecule has 0 unspecified atom stereocenters. The van der Waals surface area contributed by atoms with Crippen molar-refractivity contribution in [3.8, 4) is 11.3 Å². The molecule has 3 aromatic rings. The summed E-state index contributed by atoms with van der Waals surface area (Å²) in [5, 5.41) is 4.43. The monoisotopic (exact) mass is 615 g/mol. The summed E-state index contributed by atoms with van der Waals surface area (Å²) in [7, 11) is 0. The third kappa shape index (κ3) is 7.39. The Morgan fingerprint density at radius 1 is 1.09 bits per heavy atom. The number of nitrogens with one attached hydrogen (secondary N) is 2. The first kappa shape index (κ1) is 32.6. The van der Waals surface area contributed by atoms with E-state index in [9.17, 15) is 14.4 Å². The van der Waals surface area contributed by atoms with Crippen LogP contribution in [-0.2, 0) is 14.3 Å². The molecule has 0 radical (unpaired) electrons. The van der Waals surface area contributed by atoms with Crippen LogP contribution in [0, 0.1) is 17.8 Å². The van der Waals surface area contributed by atoms with Gasteiger partial charge in [0.15, 0.2) is 0 Å². The highest BCUT2D eigenvalue weighted by atomic mass is 16.6. The van der Waals surface area contributed by atoms with Gasteiger partial charge in [-0.3, -0.25) is 14.6 Å². The van der Waals surface area contributed by atoms with Crippen molar-refractivity contribution in [2.45, 2.75) is 111 Å². The average Bonchev–Trinajstić information content (AvgIpc) is 3.32. The molecule has 2 atom stereocenters. The number of aromatic amines is 1. The van der Waals surface area contributed by atoms with Gasteiger partial charge in [0, 0.05) is 42.6 Å². The molecule has 9 heteroatoms. The number of rotatable bonds is 11. The Morgan fingerprint density at radius 2 is 1.84 bits per heavy atom. The number of hydrogen-bond donors (Lipinski definition) is 2. The minimum Gasteiger partial charge on any atom is -0.444 e. The minimum atomic E-state index is -0.531. The number of carbonyl (C=O) groups is 3. The molecular formula is C36H49N5O4. The summed E-state index contributed by atoms with van der Waals surface area (Å²) < 4.78 is 5.58. The molecule has 1 saturated heterocycles. The number of fused-ring (bicyclic) bond motifs is 1. The smallest absolute Gasteiger partial charge is 0.410 e. The second-order valence-corrected chi connectivity index (χ2v) is 14.3. The highest BCUT2D eigenvalue weighted by molar-refractivity contribution is 5.87. The lowest BCUT2D eigenvalue weighted by atomic mass is 9.84. The SMILES string of the molecule is CCC(=O)CCCCC[C@H](NC(=O)[C@@]1(C)CC12CCN(C(=O)OC(C)(C)C)CC2)c1ncc(-c2ccc3nc(C)ccc3c2)[nH]1. The first-order valence-corrected chi connectivity index (χ1v) is 16.6. The Balaban J connectivity index is 1.27. The van der Waals surface area contributed by atoms with Crippen LogP contribution in [-0.4, -0.2) is 56.3 Å². The van der Waals surface area contributed by atoms with E-state index < -0.39 is 11.0 Å². The number of H-pyrrole nitrogens is 1. The van der Waals surface area contributed by atoms with E-state index in [1.165, 1.54) is 0 Å². The molecule has 2 amide bonds. The number of Topliss-reactive ketones (excluding diaryl/α,β-unsaturated/α-hetero) is 1. The quantitative estimate of drug-likeness (QED) is 0.216. The molecule has 2 fully saturated rings. The number of ether oxygens (including phenoxy) is 1. The predicted molar refractivity (Wildman–Crippen MR) is 176 cm³/mol. The van der Waals surface area contributed by atoms with Crippen LogP contribution in [0.15, 0.2) is 36.5 Å². The summed E-state index contributed by atoms with van der Waals surface area (Å²) in [6.45, 7) is 12.8. The van der Waals surface area contributed by atoms with E-state index in [4.69, 9.17) is 9.72 Å². The molecule has 1 saturated carbocycles. The molecule has 5 rings (SSSR count). The second-order valence-electron chi connectivity index (χ2n) is 14.3. The van der Waals surface area contributed by atoms with Gasteiger partial charge in [-0.15, -0.1) is 0 Å². The van der Waals surface area contributed by atoms with Crippen molar-refractivity contribution in [2.75, 3.05) is 13.1 Å². The number of likely N-dealkylation sites (tertiary alicyclic amines) is 1. The molecule has 0 bridgehead atoms. The van der Waals surface area contributed by atoms with Crippen molar-refractivity contribution in [2.24, 2.45) is 10.8 Å². The molecule has 2 N–H and O–H groups in total. The van der Waals surface area contributed by atoms with Crippen molar-refractivity contribution in [3.63, 3.8) is 0 Å². The molecule has 2 aliphatic rings. The largest absolute Gasteiger partial charge is 0.444 e. The Hall–Kier alpha value is -3.75. The van der Waals surface area contributed by atoms with Gasteiger partial charge in [0.25, 0.3) is 0 Å². The summed E-state index contributed by atoms with van der Waals surface area (Å²) in [6, 6.07) is 10.00. The number of imidazole rings is 1. The average molecular weight is 616 g/mol. The molecule has 242 valence electrons. The van der Waals surface area contributed by atoms with Crippen LogP contribution in [0.5, 0.6) is 0 Å². The molecular weight excluding hydrogens is 566 g/mol. The van der Waals surface area contributed by atoms with Crippen LogP contribution in [0.4, 0.5) is 4.79 Å². The molecule has 1 aliphatic carbocycles. The molecule has 1 spiro atoms. The van der Waals surface area contributed by atoms with Crippen molar-refractivity contribution in [1.82, 2.24) is 25.2 Å². The summed E-state index contributed by atoms with van der Waals surface area (Å²) in [5.74, 6) is 1.08. The number of pyridine rings is 1. The van der Waals surface area contributed by atoms with Gasteiger partial charge in [0.05, 0.1) is 28.9 Å². The van der Waals surface area contributed by atoms with E-state index in [-0.39, 0.29) is 23.5 Å². The van der Waals surface area contributed by atoms with E-state index in [0.29, 0.717) is 31.7 Å². The van der Waals surface area contributed by atoms with Gasteiger partial charge in [-0.2, -0.15) is 0 Å². The second kappa shape index (κ2) is 12.9. The number of carbonyl (C=O) groups excluding carboxylic acids is 3. The van der Waals surface area contributed by atoms with Gasteiger partial charge in [-0.25, -0.2) is 9.78 Å². The molecule has 3 heterocycles. The van der Waals surface area contributed by atoms with Crippen LogP contribution >= 0.6 is 0 Å². The molecule has 1 aliphatic heterocycles. The van der Waals surface area contributed by atoms with Crippen molar-refractivity contribution in [1.29, 1.82) is 0 Å². The predicted octanol–water partition coefficient (Wildman–Crippen LogP) is 7.45. The number of hydrogen-bond acceptors (Lipinski definition) is 6. The lowest BCUT2D eigenvalue weighted by molar-refractivity contribution is -0.128. The number of aryl methyl sites for hydroxylation is 1. The highest BCUT2D eigenvalue weighted by Gasteiger charge is 2.68. The molecule has 9 nitrogen and oxygen atoms in total. The van der Waals surface area contributed by atoms with E-state index >= 15 is 0 Å². The Kier molecular flexibility index (Phi) is 9.38. The van der Waals surface area contributed by atoms with Gasteiger partial charge in [0.1, 0.15) is 17.2 Å². The van der Waals surface area contributed by atoms with E-state index in [0.717, 1.165) is 78.6 Å². The van der Waals surface area contributed by atoms with Crippen molar-refractivity contribution >= 4 is 28.7 Å². The number of ketones is 1. The fraction of sp³-hybridized carbons (Fsp3) is 0.583. The zero-order valence-corrected chi connectivity index (χ0v) is 27.8. The zero-order valence-electron chi connectivity index (χ0n) is 27.8. The maximum absolute atomic E-state index is 13.9. The first-order chi connectivity index (χ1) is 21.3. The third-order valence-corrected chi connectivity index (χ3v) is 9.82. The van der Waals surface area contributed by atoms with E-state index in [1.807, 2.05) is 59.0 Å². The first-order valence-electron chi connectivity index (χ1n) is 16.6. The van der Waals surface area contributed by atoms with Gasteiger partial charge in [-0.1, -0.05) is 38.8 Å². The summed E-state index contributed by atoms with van der Waals surface area (Å²) in [6.07, 6.45) is 8.51. The van der Waals surface area contributed by atoms with E-state index in [1.54, 1.807) is 4.90 Å². The number of nitrogens with zero attached hydrogens (tertiary/aromatic N) is 3. The van der Waals surface area contributed by atoms with Gasteiger partial charge < -0.3 is 19.9 Å². The van der Waals surface area contributed by atoms with Crippen LogP contribution < -0.4 is 5.32 Å². The fourth-order valence-electron chi connectivity index (χ4n) is 6.80. The van der Waals surface area contributed by atoms with Crippen LogP contribution in [0.3, 0.4) is 0 Å². The summed E-state index contributed by atoms with van der Waals surface area (Å²) >= 11 is 0. The van der Waals surface area contributed by atoms with Crippen LogP contribution in [0.1, 0.15) is 110 Å². The number of amides is 2. The topological polar surface area (TPSA) is 117 Å². The Morgan fingerprint density at radius 3 is 2.56 bits per heavy atom. The number of unbranched alkanes of at least 4 members (excludes halogenated alkanes) is 2.